The average molecular weight is 347 g/mol. The molecule has 3 rings (SSSR count). The highest BCUT2D eigenvalue weighted by Gasteiger charge is 2.20. The quantitative estimate of drug-likeness (QED) is 0.709. The number of hydrogen-bond acceptors (Lipinski definition) is 4. The number of halogens is 1. The monoisotopic (exact) mass is 347 g/mol. The van der Waals surface area contributed by atoms with E-state index in [0.29, 0.717) is 20.8 Å². The van der Waals surface area contributed by atoms with Gasteiger partial charge in [0.15, 0.2) is 0 Å². The Hall–Kier alpha value is -2.74. The molecule has 124 valence electrons. The van der Waals surface area contributed by atoms with E-state index in [4.69, 9.17) is 0 Å². The SMILES string of the molecule is CN(C(=O)c1cc2c(=O)n(C)c(=O)n(C)c2s1)c1ccc(F)cc1. The zero-order valence-corrected chi connectivity index (χ0v) is 14.1. The summed E-state index contributed by atoms with van der Waals surface area (Å²) in [6.45, 7) is 0. The fourth-order valence-corrected chi connectivity index (χ4v) is 3.50. The second-order valence-corrected chi connectivity index (χ2v) is 6.41. The summed E-state index contributed by atoms with van der Waals surface area (Å²) in [5, 5.41) is 0.320. The molecule has 8 heteroatoms. The maximum atomic E-state index is 13.0. The number of aryl methyl sites for hydroxylation is 1. The number of carbonyl (C=O) groups is 1. The first kappa shape index (κ1) is 16.1. The lowest BCUT2D eigenvalue weighted by Gasteiger charge is -2.16. The zero-order valence-electron chi connectivity index (χ0n) is 13.2. The van der Waals surface area contributed by atoms with Crippen LogP contribution in [0.1, 0.15) is 9.67 Å². The second-order valence-electron chi connectivity index (χ2n) is 5.38. The lowest BCUT2D eigenvalue weighted by molar-refractivity contribution is 0.0997. The summed E-state index contributed by atoms with van der Waals surface area (Å²) in [5.74, 6) is -0.725. The third-order valence-electron chi connectivity index (χ3n) is 3.86. The van der Waals surface area contributed by atoms with E-state index in [1.807, 2.05) is 0 Å². The Balaban J connectivity index is 2.09. The van der Waals surface area contributed by atoms with Gasteiger partial charge in [0.05, 0.1) is 10.3 Å². The van der Waals surface area contributed by atoms with Crippen molar-refractivity contribution in [3.8, 4) is 0 Å². The summed E-state index contributed by atoms with van der Waals surface area (Å²) in [4.78, 5) is 39.0. The molecule has 2 heterocycles. The van der Waals surface area contributed by atoms with Gasteiger partial charge in [-0.2, -0.15) is 0 Å². The predicted molar refractivity (Wildman–Crippen MR) is 91.4 cm³/mol. The second kappa shape index (κ2) is 5.72. The smallest absolute Gasteiger partial charge is 0.311 e. The van der Waals surface area contributed by atoms with Gasteiger partial charge in [0, 0.05) is 26.8 Å². The van der Waals surface area contributed by atoms with Gasteiger partial charge < -0.3 is 4.90 Å². The molecule has 0 N–H and O–H groups in total. The number of benzene rings is 1. The van der Waals surface area contributed by atoms with Gasteiger partial charge in [0.2, 0.25) is 0 Å². The molecule has 3 aromatic rings. The molecule has 0 bridgehead atoms. The van der Waals surface area contributed by atoms with E-state index in [-0.39, 0.29) is 11.7 Å². The van der Waals surface area contributed by atoms with Gasteiger partial charge >= 0.3 is 5.69 Å². The number of thiophene rings is 1. The topological polar surface area (TPSA) is 64.3 Å². The van der Waals surface area contributed by atoms with E-state index >= 15 is 0 Å². The number of rotatable bonds is 2. The summed E-state index contributed by atoms with van der Waals surface area (Å²) in [6, 6.07) is 7.02. The average Bonchev–Trinajstić information content (AvgIpc) is 3.03. The Morgan fingerprint density at radius 2 is 1.75 bits per heavy atom. The molecule has 0 saturated heterocycles. The maximum Gasteiger partial charge on any atom is 0.331 e. The van der Waals surface area contributed by atoms with Crippen LogP contribution in [0.3, 0.4) is 0 Å². The number of hydrogen-bond donors (Lipinski definition) is 0. The Bertz CT molecular complexity index is 1060. The summed E-state index contributed by atoms with van der Waals surface area (Å²) in [6.07, 6.45) is 0. The molecule has 0 saturated carbocycles. The largest absolute Gasteiger partial charge is 0.331 e. The fourth-order valence-electron chi connectivity index (χ4n) is 2.42. The highest BCUT2D eigenvalue weighted by Crippen LogP contribution is 2.24. The van der Waals surface area contributed by atoms with E-state index in [1.165, 1.54) is 46.8 Å². The molecule has 1 aromatic carbocycles. The number of amides is 1. The van der Waals surface area contributed by atoms with Crippen LogP contribution in [0, 0.1) is 5.82 Å². The maximum absolute atomic E-state index is 13.0. The molecule has 1 amide bonds. The molecular formula is C16H14FN3O3S. The van der Waals surface area contributed by atoms with E-state index in [9.17, 15) is 18.8 Å². The molecule has 0 radical (unpaired) electrons. The molecule has 0 spiro atoms. The third-order valence-corrected chi connectivity index (χ3v) is 5.05. The normalized spacial score (nSPS) is 11.0. The van der Waals surface area contributed by atoms with Gasteiger partial charge in [-0.3, -0.25) is 18.7 Å². The molecule has 2 aromatic heterocycles. The molecule has 0 aliphatic rings. The van der Waals surface area contributed by atoms with Crippen LogP contribution in [0.2, 0.25) is 0 Å². The number of carbonyl (C=O) groups excluding carboxylic acids is 1. The van der Waals surface area contributed by atoms with Crippen LogP contribution in [0.25, 0.3) is 10.2 Å². The van der Waals surface area contributed by atoms with Gasteiger partial charge in [-0.25, -0.2) is 9.18 Å². The number of fused-ring (bicyclic) bond motifs is 1. The minimum Gasteiger partial charge on any atom is -0.311 e. The standard InChI is InChI=1S/C16H14FN3O3S/c1-18(10-6-4-9(17)5-7-10)14(22)12-8-11-13(21)19(2)16(23)20(3)15(11)24-12/h4-8H,1-3H3. The zero-order chi connectivity index (χ0) is 17.6. The Labute approximate surface area is 140 Å². The van der Waals surface area contributed by atoms with E-state index in [0.717, 1.165) is 15.9 Å². The Kier molecular flexibility index (Phi) is 3.84. The van der Waals surface area contributed by atoms with E-state index in [1.54, 1.807) is 14.1 Å². The molecule has 6 nitrogen and oxygen atoms in total. The van der Waals surface area contributed by atoms with Gasteiger partial charge in [-0.05, 0) is 30.3 Å². The van der Waals surface area contributed by atoms with Crippen molar-refractivity contribution in [1.82, 2.24) is 9.13 Å². The van der Waals surface area contributed by atoms with Crippen LogP contribution in [0.4, 0.5) is 10.1 Å². The van der Waals surface area contributed by atoms with Gasteiger partial charge in [0.25, 0.3) is 11.5 Å². The molecule has 0 aliphatic heterocycles. The van der Waals surface area contributed by atoms with Gasteiger partial charge in [0.1, 0.15) is 10.6 Å². The molecule has 0 aliphatic carbocycles. The first-order valence-corrected chi connectivity index (χ1v) is 7.86. The van der Waals surface area contributed by atoms with Crippen molar-refractivity contribution < 1.29 is 9.18 Å². The van der Waals surface area contributed by atoms with Crippen LogP contribution in [0.5, 0.6) is 0 Å². The van der Waals surface area contributed by atoms with Gasteiger partial charge in [-0.1, -0.05) is 0 Å². The van der Waals surface area contributed by atoms with Crippen LogP contribution in [0.15, 0.2) is 39.9 Å². The Morgan fingerprint density at radius 1 is 1.12 bits per heavy atom. The molecule has 24 heavy (non-hydrogen) atoms. The van der Waals surface area contributed by atoms with Crippen molar-refractivity contribution in [2.75, 3.05) is 11.9 Å². The molecule has 0 unspecified atom stereocenters. The number of aromatic nitrogens is 2. The summed E-state index contributed by atoms with van der Waals surface area (Å²) < 4.78 is 15.4. The first-order valence-electron chi connectivity index (χ1n) is 7.04. The minimum atomic E-state index is -0.444. The number of nitrogens with zero attached hydrogens (tertiary/aromatic N) is 3. The summed E-state index contributed by atoms with van der Waals surface area (Å²) in [5.41, 5.74) is -0.353. The van der Waals surface area contributed by atoms with E-state index < -0.39 is 11.2 Å². The van der Waals surface area contributed by atoms with Crippen molar-refractivity contribution >= 4 is 33.1 Å². The first-order chi connectivity index (χ1) is 11.3. The third kappa shape index (κ3) is 2.44. The lowest BCUT2D eigenvalue weighted by atomic mass is 10.2. The van der Waals surface area contributed by atoms with Crippen molar-refractivity contribution in [2.24, 2.45) is 14.1 Å². The van der Waals surface area contributed by atoms with E-state index in [2.05, 4.69) is 0 Å². The van der Waals surface area contributed by atoms with Crippen LogP contribution in [-0.4, -0.2) is 22.1 Å². The van der Waals surface area contributed by atoms with Crippen molar-refractivity contribution in [1.29, 1.82) is 0 Å². The molecular weight excluding hydrogens is 333 g/mol. The fraction of sp³-hybridized carbons (Fsp3) is 0.188. The number of anilines is 1. The highest BCUT2D eigenvalue weighted by atomic mass is 32.1. The van der Waals surface area contributed by atoms with Gasteiger partial charge in [-0.15, -0.1) is 11.3 Å². The summed E-state index contributed by atoms with van der Waals surface area (Å²) in [7, 11) is 4.52. The van der Waals surface area contributed by atoms with Crippen LogP contribution < -0.4 is 16.1 Å². The Morgan fingerprint density at radius 3 is 2.38 bits per heavy atom. The predicted octanol–water partition coefficient (Wildman–Crippen LogP) is 1.71. The van der Waals surface area contributed by atoms with Crippen LogP contribution in [-0.2, 0) is 14.1 Å². The van der Waals surface area contributed by atoms with Crippen LogP contribution >= 0.6 is 11.3 Å². The molecule has 0 atom stereocenters. The minimum absolute atomic E-state index is 0.320. The summed E-state index contributed by atoms with van der Waals surface area (Å²) >= 11 is 1.08. The highest BCUT2D eigenvalue weighted by molar-refractivity contribution is 7.20. The van der Waals surface area contributed by atoms with Crippen molar-refractivity contribution in [2.45, 2.75) is 0 Å². The van der Waals surface area contributed by atoms with Crippen molar-refractivity contribution in [3.63, 3.8) is 0 Å². The van der Waals surface area contributed by atoms with Crippen molar-refractivity contribution in [3.05, 3.63) is 61.9 Å². The molecule has 0 fully saturated rings. The lowest BCUT2D eigenvalue weighted by Crippen LogP contribution is -2.36.